The summed E-state index contributed by atoms with van der Waals surface area (Å²) in [7, 11) is -3.67. The van der Waals surface area contributed by atoms with Crippen molar-refractivity contribution in [2.24, 2.45) is 5.14 Å². The number of hydrogen-bond acceptors (Lipinski definition) is 3. The lowest BCUT2D eigenvalue weighted by Gasteiger charge is -2.14. The second kappa shape index (κ2) is 9.35. The highest BCUT2D eigenvalue weighted by atomic mass is 32.2. The van der Waals surface area contributed by atoms with Crippen LogP contribution in [0.1, 0.15) is 24.5 Å². The van der Waals surface area contributed by atoms with Crippen LogP contribution in [0.15, 0.2) is 59.5 Å². The van der Waals surface area contributed by atoms with E-state index in [9.17, 15) is 13.2 Å². The van der Waals surface area contributed by atoms with Gasteiger partial charge >= 0.3 is 6.03 Å². The van der Waals surface area contributed by atoms with Crippen LogP contribution in [0.2, 0.25) is 0 Å². The number of rotatable bonds is 8. The average molecular weight is 375 g/mol. The minimum Gasteiger partial charge on any atom is -0.338 e. The van der Waals surface area contributed by atoms with Crippen LogP contribution >= 0.6 is 0 Å². The molecule has 0 saturated carbocycles. The van der Waals surface area contributed by atoms with E-state index in [4.69, 9.17) is 5.14 Å². The molecule has 0 saturated heterocycles. The maximum Gasteiger partial charge on any atom is 0.315 e. The molecule has 7 heteroatoms. The van der Waals surface area contributed by atoms with Gasteiger partial charge in [0.1, 0.15) is 0 Å². The van der Waals surface area contributed by atoms with E-state index < -0.39 is 10.0 Å². The summed E-state index contributed by atoms with van der Waals surface area (Å²) in [5, 5.41) is 10.8. The zero-order valence-electron chi connectivity index (χ0n) is 14.8. The van der Waals surface area contributed by atoms with E-state index >= 15 is 0 Å². The summed E-state index contributed by atoms with van der Waals surface area (Å²) < 4.78 is 22.4. The minimum absolute atomic E-state index is 0.0734. The zero-order valence-corrected chi connectivity index (χ0v) is 15.6. The largest absolute Gasteiger partial charge is 0.338 e. The van der Waals surface area contributed by atoms with Crippen LogP contribution in [0.3, 0.4) is 0 Å². The molecule has 2 rings (SSSR count). The van der Waals surface area contributed by atoms with Crippen LogP contribution in [0.25, 0.3) is 0 Å². The molecule has 0 bridgehead atoms. The van der Waals surface area contributed by atoms with Crippen molar-refractivity contribution in [3.8, 4) is 0 Å². The number of amides is 2. The Morgan fingerprint density at radius 1 is 1.00 bits per heavy atom. The number of carbonyl (C=O) groups excluding carboxylic acids is 1. The lowest BCUT2D eigenvalue weighted by molar-refractivity contribution is 0.237. The Labute approximate surface area is 154 Å². The van der Waals surface area contributed by atoms with E-state index in [1.165, 1.54) is 17.7 Å². The van der Waals surface area contributed by atoms with Crippen molar-refractivity contribution in [1.29, 1.82) is 0 Å². The van der Waals surface area contributed by atoms with Gasteiger partial charge in [0, 0.05) is 12.6 Å². The number of hydrogen-bond donors (Lipinski definition) is 3. The molecule has 140 valence electrons. The average Bonchev–Trinajstić information content (AvgIpc) is 2.60. The fourth-order valence-corrected chi connectivity index (χ4v) is 3.06. The summed E-state index contributed by atoms with van der Waals surface area (Å²) in [6.45, 7) is 2.44. The van der Waals surface area contributed by atoms with Gasteiger partial charge in [0.2, 0.25) is 10.0 Å². The maximum atomic E-state index is 11.9. The van der Waals surface area contributed by atoms with Gasteiger partial charge in [-0.3, -0.25) is 0 Å². The lowest BCUT2D eigenvalue weighted by atomic mass is 10.1. The Bertz CT molecular complexity index is 806. The summed E-state index contributed by atoms with van der Waals surface area (Å²) in [6, 6.07) is 16.4. The van der Waals surface area contributed by atoms with Gasteiger partial charge < -0.3 is 10.6 Å². The first kappa shape index (κ1) is 19.9. The van der Waals surface area contributed by atoms with Crippen LogP contribution in [0, 0.1) is 0 Å². The third-order valence-corrected chi connectivity index (χ3v) is 4.97. The molecule has 1 atom stereocenters. The molecule has 0 spiro atoms. The van der Waals surface area contributed by atoms with Crippen LogP contribution in [0.4, 0.5) is 4.79 Å². The van der Waals surface area contributed by atoms with Gasteiger partial charge in [0.15, 0.2) is 0 Å². The summed E-state index contributed by atoms with van der Waals surface area (Å²) in [5.74, 6) is 0. The number of nitrogens with one attached hydrogen (secondary N) is 2. The summed E-state index contributed by atoms with van der Waals surface area (Å²) >= 11 is 0. The topological polar surface area (TPSA) is 101 Å². The van der Waals surface area contributed by atoms with E-state index in [0.29, 0.717) is 13.0 Å². The molecule has 26 heavy (non-hydrogen) atoms. The highest BCUT2D eigenvalue weighted by Gasteiger charge is 2.08. The van der Waals surface area contributed by atoms with Gasteiger partial charge in [-0.2, -0.15) is 0 Å². The number of primary sulfonamides is 1. The first-order valence-electron chi connectivity index (χ1n) is 8.54. The normalized spacial score (nSPS) is 12.4. The highest BCUT2D eigenvalue weighted by Crippen LogP contribution is 2.09. The maximum absolute atomic E-state index is 11.9. The smallest absolute Gasteiger partial charge is 0.315 e. The molecular formula is C19H25N3O3S. The first-order valence-corrected chi connectivity index (χ1v) is 10.1. The van der Waals surface area contributed by atoms with Gasteiger partial charge in [-0.15, -0.1) is 0 Å². The predicted octanol–water partition coefficient (Wildman–Crippen LogP) is 2.20. The number of sulfonamides is 1. The third-order valence-electron chi connectivity index (χ3n) is 4.04. The number of urea groups is 1. The SMILES string of the molecule is C[C@@H](CCc1ccccc1)NC(=O)NCCc1ccc(S(N)(=O)=O)cc1. The van der Waals surface area contributed by atoms with Gasteiger partial charge in [-0.25, -0.2) is 18.4 Å². The Morgan fingerprint density at radius 2 is 1.62 bits per heavy atom. The molecule has 0 aliphatic heterocycles. The van der Waals surface area contributed by atoms with Crippen molar-refractivity contribution in [2.75, 3.05) is 6.54 Å². The van der Waals surface area contributed by atoms with E-state index in [2.05, 4.69) is 22.8 Å². The van der Waals surface area contributed by atoms with Gasteiger partial charge in [0.05, 0.1) is 4.90 Å². The van der Waals surface area contributed by atoms with Gasteiger partial charge in [-0.05, 0) is 49.4 Å². The Kier molecular flexibility index (Phi) is 7.17. The summed E-state index contributed by atoms with van der Waals surface area (Å²) in [6.07, 6.45) is 2.39. The molecule has 0 unspecified atom stereocenters. The summed E-state index contributed by atoms with van der Waals surface area (Å²) in [5.41, 5.74) is 2.18. The molecule has 4 N–H and O–H groups in total. The molecule has 6 nitrogen and oxygen atoms in total. The summed E-state index contributed by atoms with van der Waals surface area (Å²) in [4.78, 5) is 12.0. The van der Waals surface area contributed by atoms with E-state index in [1.54, 1.807) is 12.1 Å². The predicted molar refractivity (Wildman–Crippen MR) is 102 cm³/mol. The molecule has 2 aromatic rings. The van der Waals surface area contributed by atoms with Gasteiger partial charge in [-0.1, -0.05) is 42.5 Å². The van der Waals surface area contributed by atoms with Crippen LogP contribution in [-0.2, 0) is 22.9 Å². The Hall–Kier alpha value is -2.38. The van der Waals surface area contributed by atoms with Crippen LogP contribution in [0.5, 0.6) is 0 Å². The fraction of sp³-hybridized carbons (Fsp3) is 0.316. The molecular weight excluding hydrogens is 350 g/mol. The number of aryl methyl sites for hydroxylation is 1. The van der Waals surface area contributed by atoms with Crippen molar-refractivity contribution in [1.82, 2.24) is 10.6 Å². The second-order valence-electron chi connectivity index (χ2n) is 6.26. The zero-order chi connectivity index (χ0) is 19.0. The molecule has 0 aromatic heterocycles. The van der Waals surface area contributed by atoms with E-state index in [0.717, 1.165) is 18.4 Å². The standard InChI is InChI=1S/C19H25N3O3S/c1-15(7-8-16-5-3-2-4-6-16)22-19(23)21-14-13-17-9-11-18(12-10-17)26(20,24)25/h2-6,9-12,15H,7-8,13-14H2,1H3,(H2,20,24,25)(H2,21,22,23)/t15-/m0/s1. The molecule has 0 radical (unpaired) electrons. The minimum atomic E-state index is -3.67. The lowest BCUT2D eigenvalue weighted by Crippen LogP contribution is -2.41. The quantitative estimate of drug-likeness (QED) is 0.659. The molecule has 0 fully saturated rings. The van der Waals surface area contributed by atoms with E-state index in [-0.39, 0.29) is 17.0 Å². The Balaban J connectivity index is 1.68. The van der Waals surface area contributed by atoms with Crippen LogP contribution < -0.4 is 15.8 Å². The molecule has 0 heterocycles. The number of carbonyl (C=O) groups is 1. The molecule has 2 aromatic carbocycles. The molecule has 2 amide bonds. The van der Waals surface area contributed by atoms with Crippen molar-refractivity contribution in [3.05, 3.63) is 65.7 Å². The Morgan fingerprint density at radius 3 is 2.23 bits per heavy atom. The van der Waals surface area contributed by atoms with Crippen molar-refractivity contribution in [3.63, 3.8) is 0 Å². The first-order chi connectivity index (χ1) is 12.3. The second-order valence-corrected chi connectivity index (χ2v) is 7.83. The highest BCUT2D eigenvalue weighted by molar-refractivity contribution is 7.89. The fourth-order valence-electron chi connectivity index (χ4n) is 2.54. The van der Waals surface area contributed by atoms with Crippen LogP contribution in [-0.4, -0.2) is 27.0 Å². The number of nitrogens with two attached hydrogens (primary N) is 1. The van der Waals surface area contributed by atoms with Crippen molar-refractivity contribution in [2.45, 2.75) is 37.1 Å². The van der Waals surface area contributed by atoms with E-state index in [1.807, 2.05) is 25.1 Å². The van der Waals surface area contributed by atoms with Crippen molar-refractivity contribution >= 4 is 16.1 Å². The third kappa shape index (κ3) is 6.85. The number of benzene rings is 2. The molecule has 0 aliphatic rings. The monoisotopic (exact) mass is 375 g/mol. The van der Waals surface area contributed by atoms with Crippen molar-refractivity contribution < 1.29 is 13.2 Å². The molecule has 0 aliphatic carbocycles. The van der Waals surface area contributed by atoms with Gasteiger partial charge in [0.25, 0.3) is 0 Å².